The fraction of sp³-hybridized carbons (Fsp3) is 0.273. The van der Waals surface area contributed by atoms with Crippen LogP contribution in [0.4, 0.5) is 11.4 Å². The van der Waals surface area contributed by atoms with Crippen LogP contribution in [0.15, 0.2) is 28.2 Å². The summed E-state index contributed by atoms with van der Waals surface area (Å²) in [6, 6.07) is 5.98. The standard InChI is InChI=1S/C11H16N4/c1-12-9-5-8(11(14-3)15-4)6-10(7-9)13-2/h5-7,12-13H,3H2,1-2,4H3. The number of nitrogens with one attached hydrogen (secondary N) is 2. The molecule has 0 amide bonds. The molecule has 0 aliphatic heterocycles. The largest absolute Gasteiger partial charge is 0.388 e. The zero-order valence-electron chi connectivity index (χ0n) is 9.33. The Balaban J connectivity index is 3.23. The molecule has 4 heteroatoms. The van der Waals surface area contributed by atoms with Crippen molar-refractivity contribution < 1.29 is 0 Å². The molecule has 0 bridgehead atoms. The summed E-state index contributed by atoms with van der Waals surface area (Å²) < 4.78 is 0. The highest BCUT2D eigenvalue weighted by Crippen LogP contribution is 2.19. The summed E-state index contributed by atoms with van der Waals surface area (Å²) >= 11 is 0. The molecular formula is C11H16N4. The maximum Gasteiger partial charge on any atom is 0.153 e. The van der Waals surface area contributed by atoms with Gasteiger partial charge in [0.15, 0.2) is 5.84 Å². The molecule has 0 fully saturated rings. The summed E-state index contributed by atoms with van der Waals surface area (Å²) in [6.07, 6.45) is 0. The second-order valence-corrected chi connectivity index (χ2v) is 3.00. The summed E-state index contributed by atoms with van der Waals surface area (Å²) in [7, 11) is 5.46. The van der Waals surface area contributed by atoms with Gasteiger partial charge in [0.1, 0.15) is 0 Å². The molecule has 0 radical (unpaired) electrons. The van der Waals surface area contributed by atoms with Crippen molar-refractivity contribution in [3.8, 4) is 0 Å². The molecule has 0 aliphatic rings. The van der Waals surface area contributed by atoms with Crippen molar-refractivity contribution in [3.63, 3.8) is 0 Å². The lowest BCUT2D eigenvalue weighted by atomic mass is 10.1. The number of hydrogen-bond acceptors (Lipinski definition) is 3. The predicted molar refractivity (Wildman–Crippen MR) is 67.5 cm³/mol. The third-order valence-electron chi connectivity index (χ3n) is 2.13. The fourth-order valence-electron chi connectivity index (χ4n) is 1.34. The molecule has 1 rings (SSSR count). The van der Waals surface area contributed by atoms with E-state index in [1.54, 1.807) is 7.05 Å². The van der Waals surface area contributed by atoms with E-state index >= 15 is 0 Å². The van der Waals surface area contributed by atoms with E-state index in [-0.39, 0.29) is 0 Å². The summed E-state index contributed by atoms with van der Waals surface area (Å²) in [5.41, 5.74) is 2.98. The van der Waals surface area contributed by atoms with Gasteiger partial charge in [-0.2, -0.15) is 0 Å². The minimum absolute atomic E-state index is 0.642. The molecule has 0 atom stereocenters. The van der Waals surface area contributed by atoms with Gasteiger partial charge in [-0.3, -0.25) is 4.99 Å². The van der Waals surface area contributed by atoms with Crippen LogP contribution in [0.5, 0.6) is 0 Å². The lowest BCUT2D eigenvalue weighted by Crippen LogP contribution is -2.00. The van der Waals surface area contributed by atoms with Gasteiger partial charge in [0.25, 0.3) is 0 Å². The van der Waals surface area contributed by atoms with Crippen molar-refractivity contribution in [1.82, 2.24) is 0 Å². The van der Waals surface area contributed by atoms with Crippen LogP contribution in [-0.4, -0.2) is 33.7 Å². The Hall–Kier alpha value is -1.84. The van der Waals surface area contributed by atoms with Crippen LogP contribution in [0.3, 0.4) is 0 Å². The smallest absolute Gasteiger partial charge is 0.153 e. The summed E-state index contributed by atoms with van der Waals surface area (Å²) in [4.78, 5) is 7.93. The summed E-state index contributed by atoms with van der Waals surface area (Å²) in [5, 5.41) is 6.18. The molecule has 0 spiro atoms. The average molecular weight is 204 g/mol. The van der Waals surface area contributed by atoms with Crippen LogP contribution in [0.2, 0.25) is 0 Å². The van der Waals surface area contributed by atoms with Gasteiger partial charge in [-0.1, -0.05) is 0 Å². The van der Waals surface area contributed by atoms with Gasteiger partial charge >= 0.3 is 0 Å². The van der Waals surface area contributed by atoms with E-state index in [9.17, 15) is 0 Å². The molecule has 15 heavy (non-hydrogen) atoms. The van der Waals surface area contributed by atoms with Crippen molar-refractivity contribution in [1.29, 1.82) is 0 Å². The van der Waals surface area contributed by atoms with Gasteiger partial charge in [0, 0.05) is 38.1 Å². The molecule has 1 aromatic rings. The normalized spacial score (nSPS) is 11.0. The fourth-order valence-corrected chi connectivity index (χ4v) is 1.34. The van der Waals surface area contributed by atoms with Gasteiger partial charge in [0.05, 0.1) is 0 Å². The number of benzene rings is 1. The molecule has 2 N–H and O–H groups in total. The van der Waals surface area contributed by atoms with E-state index in [2.05, 4.69) is 27.3 Å². The van der Waals surface area contributed by atoms with Gasteiger partial charge in [-0.15, -0.1) is 0 Å². The van der Waals surface area contributed by atoms with Crippen LogP contribution < -0.4 is 10.6 Å². The Bertz CT molecular complexity index is 360. The molecular weight excluding hydrogens is 188 g/mol. The van der Waals surface area contributed by atoms with Crippen LogP contribution in [-0.2, 0) is 0 Å². The quantitative estimate of drug-likeness (QED) is 0.583. The Morgan fingerprint density at radius 2 is 1.67 bits per heavy atom. The van der Waals surface area contributed by atoms with E-state index < -0.39 is 0 Å². The molecule has 0 unspecified atom stereocenters. The predicted octanol–water partition coefficient (Wildman–Crippen LogP) is 1.85. The molecule has 80 valence electrons. The summed E-state index contributed by atoms with van der Waals surface area (Å²) in [6.45, 7) is 3.50. The Kier molecular flexibility index (Phi) is 3.85. The molecule has 4 nitrogen and oxygen atoms in total. The van der Waals surface area contributed by atoms with Crippen LogP contribution in [0.25, 0.3) is 0 Å². The van der Waals surface area contributed by atoms with Crippen molar-refractivity contribution >= 4 is 23.9 Å². The second-order valence-electron chi connectivity index (χ2n) is 3.00. The number of amidine groups is 1. The van der Waals surface area contributed by atoms with Gasteiger partial charge < -0.3 is 10.6 Å². The van der Waals surface area contributed by atoms with Gasteiger partial charge in [-0.05, 0) is 24.9 Å². The number of hydrogen-bond donors (Lipinski definition) is 2. The van der Waals surface area contributed by atoms with Crippen LogP contribution in [0, 0.1) is 0 Å². The minimum atomic E-state index is 0.642. The molecule has 1 aromatic carbocycles. The van der Waals surface area contributed by atoms with Crippen molar-refractivity contribution in [2.75, 3.05) is 31.8 Å². The molecule has 0 heterocycles. The maximum atomic E-state index is 4.06. The maximum absolute atomic E-state index is 4.06. The van der Waals surface area contributed by atoms with E-state index in [4.69, 9.17) is 0 Å². The first-order chi connectivity index (χ1) is 7.24. The Labute approximate surface area is 90.1 Å². The Morgan fingerprint density at radius 3 is 2.00 bits per heavy atom. The number of anilines is 2. The number of aliphatic imine (C=N–C) groups is 2. The second kappa shape index (κ2) is 5.14. The zero-order valence-corrected chi connectivity index (χ0v) is 9.33. The van der Waals surface area contributed by atoms with Crippen molar-refractivity contribution in [2.24, 2.45) is 9.98 Å². The SMILES string of the molecule is C=NC(=NC)c1cc(NC)cc(NC)c1. The van der Waals surface area contributed by atoms with E-state index in [1.165, 1.54) is 0 Å². The van der Waals surface area contributed by atoms with E-state index in [1.807, 2.05) is 32.3 Å². The number of rotatable bonds is 3. The first kappa shape index (κ1) is 11.2. The molecule has 0 saturated heterocycles. The Morgan fingerprint density at radius 1 is 1.13 bits per heavy atom. The summed E-state index contributed by atoms with van der Waals surface area (Å²) in [5.74, 6) is 0.642. The first-order valence-corrected chi connectivity index (χ1v) is 4.69. The highest BCUT2D eigenvalue weighted by Gasteiger charge is 2.03. The first-order valence-electron chi connectivity index (χ1n) is 4.69. The monoisotopic (exact) mass is 204 g/mol. The van der Waals surface area contributed by atoms with Gasteiger partial charge in [0.2, 0.25) is 0 Å². The highest BCUT2D eigenvalue weighted by atomic mass is 14.9. The molecule has 0 saturated carbocycles. The van der Waals surface area contributed by atoms with Gasteiger partial charge in [-0.25, -0.2) is 4.99 Å². The van der Waals surface area contributed by atoms with E-state index in [0.29, 0.717) is 5.84 Å². The van der Waals surface area contributed by atoms with Crippen LogP contribution >= 0.6 is 0 Å². The van der Waals surface area contributed by atoms with Crippen LogP contribution in [0.1, 0.15) is 5.56 Å². The third kappa shape index (κ3) is 2.56. The number of nitrogens with zero attached hydrogens (tertiary/aromatic N) is 2. The molecule has 0 aliphatic carbocycles. The van der Waals surface area contributed by atoms with Crippen molar-refractivity contribution in [2.45, 2.75) is 0 Å². The van der Waals surface area contributed by atoms with E-state index in [0.717, 1.165) is 16.9 Å². The lowest BCUT2D eigenvalue weighted by molar-refractivity contribution is 1.38. The highest BCUT2D eigenvalue weighted by molar-refractivity contribution is 6.02. The minimum Gasteiger partial charge on any atom is -0.388 e. The topological polar surface area (TPSA) is 48.8 Å². The lowest BCUT2D eigenvalue weighted by Gasteiger charge is -2.08. The molecule has 0 aromatic heterocycles. The zero-order chi connectivity index (χ0) is 11.3. The van der Waals surface area contributed by atoms with Crippen molar-refractivity contribution in [3.05, 3.63) is 23.8 Å². The average Bonchev–Trinajstić information content (AvgIpc) is 2.30. The third-order valence-corrected chi connectivity index (χ3v) is 2.13.